The molecule has 0 aliphatic carbocycles. The van der Waals surface area contributed by atoms with Crippen molar-refractivity contribution < 1.29 is 13.9 Å². The molecule has 1 unspecified atom stereocenters. The predicted molar refractivity (Wildman–Crippen MR) is 84.2 cm³/mol. The van der Waals surface area contributed by atoms with Gasteiger partial charge in [-0.15, -0.1) is 0 Å². The van der Waals surface area contributed by atoms with Crippen LogP contribution in [-0.4, -0.2) is 31.4 Å². The monoisotopic (exact) mass is 303 g/mol. The average Bonchev–Trinajstić information content (AvgIpc) is 2.53. The summed E-state index contributed by atoms with van der Waals surface area (Å²) in [5, 5.41) is 0.859. The highest BCUT2D eigenvalue weighted by Crippen LogP contribution is 2.36. The molecule has 1 aliphatic rings. The van der Waals surface area contributed by atoms with Crippen molar-refractivity contribution in [3.8, 4) is 5.75 Å². The van der Waals surface area contributed by atoms with Gasteiger partial charge >= 0.3 is 5.63 Å². The molecule has 0 radical (unpaired) electrons. The van der Waals surface area contributed by atoms with Crippen molar-refractivity contribution in [2.24, 2.45) is 0 Å². The van der Waals surface area contributed by atoms with E-state index in [0.717, 1.165) is 31.6 Å². The second-order valence-electron chi connectivity index (χ2n) is 5.44. The number of hydrogen-bond acceptors (Lipinski definition) is 5. The van der Waals surface area contributed by atoms with Crippen molar-refractivity contribution in [2.75, 3.05) is 26.5 Å². The van der Waals surface area contributed by atoms with E-state index < -0.39 is 0 Å². The van der Waals surface area contributed by atoms with Gasteiger partial charge in [0.05, 0.1) is 10.9 Å². The predicted octanol–water partition coefficient (Wildman–Crippen LogP) is 2.93. The molecule has 0 N–H and O–H groups in total. The van der Waals surface area contributed by atoms with Crippen molar-refractivity contribution in [2.45, 2.75) is 26.3 Å². The van der Waals surface area contributed by atoms with Crippen molar-refractivity contribution in [3.05, 3.63) is 40.2 Å². The largest absolute Gasteiger partial charge is 0.477 e. The van der Waals surface area contributed by atoms with Gasteiger partial charge in [-0.1, -0.05) is 12.1 Å². The van der Waals surface area contributed by atoms with Gasteiger partial charge in [-0.3, -0.25) is 4.90 Å². The number of fused-ring (bicyclic) bond motifs is 3. The Morgan fingerprint density at radius 1 is 1.36 bits per heavy atom. The Morgan fingerprint density at radius 2 is 2.18 bits per heavy atom. The third kappa shape index (κ3) is 2.74. The fourth-order valence-corrected chi connectivity index (χ4v) is 2.87. The highest BCUT2D eigenvalue weighted by molar-refractivity contribution is 5.84. The lowest BCUT2D eigenvalue weighted by Crippen LogP contribution is -2.39. The second-order valence-corrected chi connectivity index (χ2v) is 5.44. The fourth-order valence-electron chi connectivity index (χ4n) is 2.87. The van der Waals surface area contributed by atoms with Crippen molar-refractivity contribution in [1.29, 1.82) is 0 Å². The molecule has 1 aromatic carbocycles. The molecule has 0 fully saturated rings. The standard InChI is InChI=1S/C17H21NO4/c1-3-20-10-6-9-18-11-21-16-13-7-4-5-8-14(13)22-17(19)15(16)12(18)2/h4-5,7-8,12H,3,6,9-11H2,1-2H3. The Bertz CT molecular complexity index is 709. The highest BCUT2D eigenvalue weighted by Gasteiger charge is 2.30. The molecule has 0 amide bonds. The minimum atomic E-state index is -0.310. The van der Waals surface area contributed by atoms with Gasteiger partial charge in [0.1, 0.15) is 18.1 Å². The number of ether oxygens (including phenoxy) is 2. The smallest absolute Gasteiger partial charge is 0.344 e. The number of benzene rings is 1. The molecule has 0 bridgehead atoms. The third-order valence-electron chi connectivity index (χ3n) is 4.08. The summed E-state index contributed by atoms with van der Waals surface area (Å²) >= 11 is 0. The van der Waals surface area contributed by atoms with Gasteiger partial charge in [-0.2, -0.15) is 0 Å². The van der Waals surface area contributed by atoms with E-state index in [0.29, 0.717) is 23.6 Å². The zero-order valence-electron chi connectivity index (χ0n) is 13.0. The highest BCUT2D eigenvalue weighted by atomic mass is 16.5. The molecular weight excluding hydrogens is 282 g/mol. The van der Waals surface area contributed by atoms with Crippen LogP contribution in [0.4, 0.5) is 0 Å². The quantitative estimate of drug-likeness (QED) is 0.628. The van der Waals surface area contributed by atoms with E-state index in [4.69, 9.17) is 13.9 Å². The summed E-state index contributed by atoms with van der Waals surface area (Å²) < 4.78 is 16.7. The number of para-hydroxylation sites is 1. The minimum absolute atomic E-state index is 0.0220. The summed E-state index contributed by atoms with van der Waals surface area (Å²) in [6.07, 6.45) is 0.912. The van der Waals surface area contributed by atoms with Gasteiger partial charge in [0.2, 0.25) is 0 Å². The first-order chi connectivity index (χ1) is 10.7. The summed E-state index contributed by atoms with van der Waals surface area (Å²) in [4.78, 5) is 14.4. The van der Waals surface area contributed by atoms with E-state index in [1.54, 1.807) is 6.07 Å². The van der Waals surface area contributed by atoms with Crippen LogP contribution in [0.5, 0.6) is 5.75 Å². The van der Waals surface area contributed by atoms with E-state index >= 15 is 0 Å². The second kappa shape index (κ2) is 6.50. The van der Waals surface area contributed by atoms with E-state index in [2.05, 4.69) is 4.90 Å². The maximum atomic E-state index is 12.3. The summed E-state index contributed by atoms with van der Waals surface area (Å²) in [6.45, 7) is 6.76. The maximum absolute atomic E-state index is 12.3. The topological polar surface area (TPSA) is 51.9 Å². The molecule has 0 saturated carbocycles. The van der Waals surface area contributed by atoms with E-state index in [-0.39, 0.29) is 11.7 Å². The molecule has 5 nitrogen and oxygen atoms in total. The molecule has 118 valence electrons. The van der Waals surface area contributed by atoms with Crippen LogP contribution in [0.25, 0.3) is 11.0 Å². The Hall–Kier alpha value is -1.85. The molecule has 5 heteroatoms. The molecule has 2 heterocycles. The van der Waals surface area contributed by atoms with Crippen LogP contribution >= 0.6 is 0 Å². The van der Waals surface area contributed by atoms with Gasteiger partial charge in [0.25, 0.3) is 0 Å². The Balaban J connectivity index is 1.88. The van der Waals surface area contributed by atoms with Gasteiger partial charge in [0.15, 0.2) is 0 Å². The van der Waals surface area contributed by atoms with E-state index in [1.807, 2.05) is 32.0 Å². The van der Waals surface area contributed by atoms with Gasteiger partial charge < -0.3 is 13.9 Å². The molecule has 2 aromatic rings. The molecule has 0 saturated heterocycles. The Morgan fingerprint density at radius 3 is 3.00 bits per heavy atom. The van der Waals surface area contributed by atoms with Crippen LogP contribution in [0.2, 0.25) is 0 Å². The minimum Gasteiger partial charge on any atom is -0.477 e. The SMILES string of the molecule is CCOCCCN1COc2c(c(=O)oc3ccccc23)C1C. The van der Waals surface area contributed by atoms with Crippen LogP contribution in [-0.2, 0) is 4.74 Å². The zero-order chi connectivity index (χ0) is 15.5. The summed E-state index contributed by atoms with van der Waals surface area (Å²) in [5.74, 6) is 0.667. The molecule has 0 spiro atoms. The Kier molecular flexibility index (Phi) is 4.45. The van der Waals surface area contributed by atoms with Crippen LogP contribution in [0.1, 0.15) is 31.9 Å². The van der Waals surface area contributed by atoms with Crippen molar-refractivity contribution >= 4 is 11.0 Å². The lowest BCUT2D eigenvalue weighted by molar-refractivity contribution is 0.0512. The fraction of sp³-hybridized carbons (Fsp3) is 0.471. The number of hydrogen-bond donors (Lipinski definition) is 0. The molecule has 1 atom stereocenters. The van der Waals surface area contributed by atoms with E-state index in [9.17, 15) is 4.79 Å². The summed E-state index contributed by atoms with van der Waals surface area (Å²) in [6, 6.07) is 7.47. The molecular formula is C17H21NO4. The molecule has 1 aliphatic heterocycles. The lowest BCUT2D eigenvalue weighted by atomic mass is 10.0. The van der Waals surface area contributed by atoms with Crippen LogP contribution in [0, 0.1) is 0 Å². The zero-order valence-corrected chi connectivity index (χ0v) is 13.0. The first kappa shape index (κ1) is 15.1. The number of nitrogens with zero attached hydrogens (tertiary/aromatic N) is 1. The average molecular weight is 303 g/mol. The molecule has 22 heavy (non-hydrogen) atoms. The maximum Gasteiger partial charge on any atom is 0.344 e. The third-order valence-corrected chi connectivity index (χ3v) is 4.08. The molecule has 1 aromatic heterocycles. The summed E-state index contributed by atoms with van der Waals surface area (Å²) in [5.41, 5.74) is 0.875. The molecule has 3 rings (SSSR count). The van der Waals surface area contributed by atoms with E-state index in [1.165, 1.54) is 0 Å². The first-order valence-electron chi connectivity index (χ1n) is 7.72. The van der Waals surface area contributed by atoms with Gasteiger partial charge in [-0.05, 0) is 32.4 Å². The van der Waals surface area contributed by atoms with Crippen LogP contribution in [0.3, 0.4) is 0 Å². The normalized spacial score (nSPS) is 18.2. The first-order valence-corrected chi connectivity index (χ1v) is 7.72. The lowest BCUT2D eigenvalue weighted by Gasteiger charge is -2.34. The summed E-state index contributed by atoms with van der Waals surface area (Å²) in [7, 11) is 0. The van der Waals surface area contributed by atoms with Gasteiger partial charge in [-0.25, -0.2) is 4.79 Å². The van der Waals surface area contributed by atoms with Crippen molar-refractivity contribution in [3.63, 3.8) is 0 Å². The van der Waals surface area contributed by atoms with Crippen molar-refractivity contribution in [1.82, 2.24) is 4.90 Å². The Labute approximate surface area is 129 Å². The van der Waals surface area contributed by atoms with Crippen LogP contribution in [0.15, 0.2) is 33.5 Å². The number of rotatable bonds is 5. The van der Waals surface area contributed by atoms with Crippen LogP contribution < -0.4 is 10.4 Å². The van der Waals surface area contributed by atoms with Gasteiger partial charge in [0, 0.05) is 25.8 Å².